The van der Waals surface area contributed by atoms with E-state index in [1.807, 2.05) is 0 Å². The molecule has 0 saturated heterocycles. The topological polar surface area (TPSA) is 43.7 Å². The van der Waals surface area contributed by atoms with E-state index in [0.29, 0.717) is 6.04 Å². The predicted molar refractivity (Wildman–Crippen MR) is 58.8 cm³/mol. The van der Waals surface area contributed by atoms with Crippen molar-refractivity contribution >= 4 is 0 Å². The van der Waals surface area contributed by atoms with Crippen LogP contribution in [0.25, 0.3) is 0 Å². The van der Waals surface area contributed by atoms with Gasteiger partial charge >= 0.3 is 0 Å². The predicted octanol–water partition coefficient (Wildman–Crippen LogP) is 2.21. The van der Waals surface area contributed by atoms with Crippen LogP contribution >= 0.6 is 0 Å². The van der Waals surface area contributed by atoms with Crippen LogP contribution in [0.3, 0.4) is 0 Å². The van der Waals surface area contributed by atoms with Crippen LogP contribution in [0.15, 0.2) is 12.1 Å². The number of benzene rings is 1. The SMILES string of the molecule is CCC(C)N1Cc2cc(O)c(O)cc2C1. The molecule has 82 valence electrons. The van der Waals surface area contributed by atoms with Crippen molar-refractivity contribution in [2.75, 3.05) is 0 Å². The van der Waals surface area contributed by atoms with Crippen LogP contribution in [-0.2, 0) is 13.1 Å². The molecule has 0 radical (unpaired) electrons. The summed E-state index contributed by atoms with van der Waals surface area (Å²) in [5.41, 5.74) is 2.26. The van der Waals surface area contributed by atoms with Gasteiger partial charge in [-0.2, -0.15) is 0 Å². The third kappa shape index (κ3) is 1.79. The van der Waals surface area contributed by atoms with Crippen molar-refractivity contribution in [2.24, 2.45) is 0 Å². The second-order valence-corrected chi connectivity index (χ2v) is 4.27. The monoisotopic (exact) mass is 207 g/mol. The van der Waals surface area contributed by atoms with Crippen molar-refractivity contribution < 1.29 is 10.2 Å². The highest BCUT2D eigenvalue weighted by Crippen LogP contribution is 2.34. The smallest absolute Gasteiger partial charge is 0.157 e. The molecule has 0 aromatic heterocycles. The van der Waals surface area contributed by atoms with Gasteiger partial charge in [0.15, 0.2) is 11.5 Å². The van der Waals surface area contributed by atoms with Crippen molar-refractivity contribution in [3.8, 4) is 11.5 Å². The molecule has 3 heteroatoms. The molecular formula is C12H17NO2. The lowest BCUT2D eigenvalue weighted by atomic mass is 10.1. The minimum atomic E-state index is -0.0141. The van der Waals surface area contributed by atoms with E-state index in [1.165, 1.54) is 0 Å². The fraction of sp³-hybridized carbons (Fsp3) is 0.500. The van der Waals surface area contributed by atoms with E-state index >= 15 is 0 Å². The Morgan fingerprint density at radius 3 is 2.07 bits per heavy atom. The maximum atomic E-state index is 9.40. The van der Waals surface area contributed by atoms with Gasteiger partial charge in [-0.3, -0.25) is 4.90 Å². The summed E-state index contributed by atoms with van der Waals surface area (Å²) in [6, 6.07) is 3.89. The highest BCUT2D eigenvalue weighted by atomic mass is 16.3. The largest absolute Gasteiger partial charge is 0.504 e. The van der Waals surface area contributed by atoms with Crippen LogP contribution in [0.2, 0.25) is 0 Å². The zero-order chi connectivity index (χ0) is 11.0. The Kier molecular flexibility index (Phi) is 2.57. The molecule has 1 aromatic carbocycles. The average molecular weight is 207 g/mol. The molecule has 0 spiro atoms. The van der Waals surface area contributed by atoms with Crippen LogP contribution in [0.4, 0.5) is 0 Å². The van der Waals surface area contributed by atoms with Crippen molar-refractivity contribution in [3.05, 3.63) is 23.3 Å². The number of aromatic hydroxyl groups is 2. The van der Waals surface area contributed by atoms with Gasteiger partial charge in [-0.25, -0.2) is 0 Å². The highest BCUT2D eigenvalue weighted by molar-refractivity contribution is 5.46. The second kappa shape index (κ2) is 3.74. The van der Waals surface area contributed by atoms with Gasteiger partial charge < -0.3 is 10.2 Å². The molecular weight excluding hydrogens is 190 g/mol. The van der Waals surface area contributed by atoms with Gasteiger partial charge in [0, 0.05) is 19.1 Å². The maximum Gasteiger partial charge on any atom is 0.157 e. The summed E-state index contributed by atoms with van der Waals surface area (Å²) in [5.74, 6) is -0.0282. The third-order valence-corrected chi connectivity index (χ3v) is 3.26. The third-order valence-electron chi connectivity index (χ3n) is 3.26. The highest BCUT2D eigenvalue weighted by Gasteiger charge is 2.23. The van der Waals surface area contributed by atoms with Gasteiger partial charge in [-0.15, -0.1) is 0 Å². The average Bonchev–Trinajstić information content (AvgIpc) is 2.60. The second-order valence-electron chi connectivity index (χ2n) is 4.27. The van der Waals surface area contributed by atoms with Crippen molar-refractivity contribution in [2.45, 2.75) is 39.4 Å². The number of phenolic OH excluding ortho intramolecular Hbond substituents is 2. The van der Waals surface area contributed by atoms with Crippen LogP contribution in [0.1, 0.15) is 31.4 Å². The fourth-order valence-electron chi connectivity index (χ4n) is 2.02. The first-order chi connectivity index (χ1) is 7.11. The Morgan fingerprint density at radius 2 is 1.67 bits per heavy atom. The lowest BCUT2D eigenvalue weighted by Gasteiger charge is -2.21. The summed E-state index contributed by atoms with van der Waals surface area (Å²) in [7, 11) is 0. The summed E-state index contributed by atoms with van der Waals surface area (Å²) in [5, 5.41) is 18.8. The summed E-state index contributed by atoms with van der Waals surface area (Å²) >= 11 is 0. The molecule has 1 unspecified atom stereocenters. The van der Waals surface area contributed by atoms with E-state index in [0.717, 1.165) is 30.6 Å². The first-order valence-electron chi connectivity index (χ1n) is 5.39. The first kappa shape index (κ1) is 10.3. The van der Waals surface area contributed by atoms with Crippen molar-refractivity contribution in [3.63, 3.8) is 0 Å². The summed E-state index contributed by atoms with van der Waals surface area (Å²) in [6.45, 7) is 6.12. The lowest BCUT2D eigenvalue weighted by Crippen LogP contribution is -2.26. The molecule has 3 nitrogen and oxygen atoms in total. The minimum Gasteiger partial charge on any atom is -0.504 e. The maximum absolute atomic E-state index is 9.40. The normalized spacial score (nSPS) is 17.7. The molecule has 1 heterocycles. The Morgan fingerprint density at radius 1 is 1.20 bits per heavy atom. The Hall–Kier alpha value is -1.22. The molecule has 1 atom stereocenters. The van der Waals surface area contributed by atoms with Gasteiger partial charge in [0.2, 0.25) is 0 Å². The zero-order valence-electron chi connectivity index (χ0n) is 9.20. The fourth-order valence-corrected chi connectivity index (χ4v) is 2.02. The molecule has 2 N–H and O–H groups in total. The number of nitrogens with zero attached hydrogens (tertiary/aromatic N) is 1. The van der Waals surface area contributed by atoms with E-state index in [1.54, 1.807) is 12.1 Å². The number of rotatable bonds is 2. The molecule has 0 saturated carbocycles. The molecule has 0 fully saturated rings. The van der Waals surface area contributed by atoms with E-state index in [9.17, 15) is 10.2 Å². The Balaban J connectivity index is 2.24. The Bertz CT molecular complexity index is 345. The molecule has 0 bridgehead atoms. The molecule has 1 aromatic rings. The van der Waals surface area contributed by atoms with E-state index < -0.39 is 0 Å². The van der Waals surface area contributed by atoms with Crippen LogP contribution in [-0.4, -0.2) is 21.2 Å². The molecule has 15 heavy (non-hydrogen) atoms. The van der Waals surface area contributed by atoms with Gasteiger partial charge in [0.1, 0.15) is 0 Å². The molecule has 2 rings (SSSR count). The van der Waals surface area contributed by atoms with E-state index in [4.69, 9.17) is 0 Å². The molecule has 1 aliphatic heterocycles. The number of hydrogen-bond acceptors (Lipinski definition) is 3. The van der Waals surface area contributed by atoms with E-state index in [-0.39, 0.29) is 11.5 Å². The quantitative estimate of drug-likeness (QED) is 0.731. The van der Waals surface area contributed by atoms with Gasteiger partial charge in [0.25, 0.3) is 0 Å². The van der Waals surface area contributed by atoms with Crippen LogP contribution < -0.4 is 0 Å². The minimum absolute atomic E-state index is 0.0141. The van der Waals surface area contributed by atoms with Gasteiger partial charge in [0.05, 0.1) is 0 Å². The molecule has 1 aliphatic rings. The van der Waals surface area contributed by atoms with Gasteiger partial charge in [-0.05, 0) is 36.6 Å². The first-order valence-corrected chi connectivity index (χ1v) is 5.39. The summed E-state index contributed by atoms with van der Waals surface area (Å²) in [4.78, 5) is 2.35. The van der Waals surface area contributed by atoms with Gasteiger partial charge in [-0.1, -0.05) is 6.92 Å². The Labute approximate surface area is 90.0 Å². The zero-order valence-corrected chi connectivity index (χ0v) is 9.20. The standard InChI is InChI=1S/C12H17NO2/c1-3-8(2)13-6-9-4-11(14)12(15)5-10(9)7-13/h4-5,8,14-15H,3,6-7H2,1-2H3. The summed E-state index contributed by atoms with van der Waals surface area (Å²) < 4.78 is 0. The van der Waals surface area contributed by atoms with Crippen LogP contribution in [0.5, 0.6) is 11.5 Å². The van der Waals surface area contributed by atoms with Crippen molar-refractivity contribution in [1.29, 1.82) is 0 Å². The van der Waals surface area contributed by atoms with E-state index in [2.05, 4.69) is 18.7 Å². The van der Waals surface area contributed by atoms with Crippen LogP contribution in [0, 0.1) is 0 Å². The number of fused-ring (bicyclic) bond motifs is 1. The van der Waals surface area contributed by atoms with Crippen molar-refractivity contribution in [1.82, 2.24) is 4.90 Å². The lowest BCUT2D eigenvalue weighted by molar-refractivity contribution is 0.208. The number of phenols is 2. The number of hydrogen-bond donors (Lipinski definition) is 2. The molecule has 0 amide bonds. The molecule has 0 aliphatic carbocycles. The summed E-state index contributed by atoms with van der Waals surface area (Å²) in [6.07, 6.45) is 1.12.